The maximum absolute atomic E-state index is 11.4. The lowest BCUT2D eigenvalue weighted by atomic mass is 10.1. The Balaban J connectivity index is 2.31. The third-order valence-electron chi connectivity index (χ3n) is 2.25. The van der Waals surface area contributed by atoms with Gasteiger partial charge in [-0.2, -0.15) is 0 Å². The summed E-state index contributed by atoms with van der Waals surface area (Å²) in [6.45, 7) is 4.25. The minimum atomic E-state index is 0.0572. The third kappa shape index (κ3) is 4.49. The SMILES string of the molecule is C=CCCNC(=O)CCc1ccccc1Cl. The number of hydrogen-bond acceptors (Lipinski definition) is 1. The van der Waals surface area contributed by atoms with Gasteiger partial charge in [-0.25, -0.2) is 0 Å². The Bertz CT molecular complexity index is 363. The summed E-state index contributed by atoms with van der Waals surface area (Å²) in [5.74, 6) is 0.0572. The van der Waals surface area contributed by atoms with Gasteiger partial charge in [0.2, 0.25) is 5.91 Å². The molecule has 1 rings (SSSR count). The number of hydrogen-bond donors (Lipinski definition) is 1. The molecule has 86 valence electrons. The lowest BCUT2D eigenvalue weighted by molar-refractivity contribution is -0.121. The molecule has 3 heteroatoms. The van der Waals surface area contributed by atoms with Crippen molar-refractivity contribution >= 4 is 17.5 Å². The van der Waals surface area contributed by atoms with Crippen LogP contribution in [0.25, 0.3) is 0 Å². The van der Waals surface area contributed by atoms with Crippen LogP contribution < -0.4 is 5.32 Å². The highest BCUT2D eigenvalue weighted by atomic mass is 35.5. The molecule has 0 bridgehead atoms. The van der Waals surface area contributed by atoms with Crippen LogP contribution in [-0.4, -0.2) is 12.5 Å². The Morgan fingerprint density at radius 3 is 2.88 bits per heavy atom. The second-order valence-corrected chi connectivity index (χ2v) is 3.93. The number of benzene rings is 1. The van der Waals surface area contributed by atoms with E-state index < -0.39 is 0 Å². The maximum Gasteiger partial charge on any atom is 0.220 e. The maximum atomic E-state index is 11.4. The first-order valence-electron chi connectivity index (χ1n) is 5.35. The van der Waals surface area contributed by atoms with Crippen LogP contribution >= 0.6 is 11.6 Å². The van der Waals surface area contributed by atoms with Crippen LogP contribution in [-0.2, 0) is 11.2 Å². The fourth-order valence-corrected chi connectivity index (χ4v) is 1.58. The Labute approximate surface area is 101 Å². The van der Waals surface area contributed by atoms with Gasteiger partial charge in [-0.3, -0.25) is 4.79 Å². The molecule has 0 radical (unpaired) electrons. The van der Waals surface area contributed by atoms with Gasteiger partial charge in [0.05, 0.1) is 0 Å². The first-order chi connectivity index (χ1) is 7.74. The van der Waals surface area contributed by atoms with E-state index in [0.29, 0.717) is 19.4 Å². The molecule has 0 aliphatic rings. The van der Waals surface area contributed by atoms with Crippen molar-refractivity contribution in [1.29, 1.82) is 0 Å². The molecule has 1 N–H and O–H groups in total. The predicted octanol–water partition coefficient (Wildman–Crippen LogP) is 2.96. The van der Waals surface area contributed by atoms with E-state index in [9.17, 15) is 4.79 Å². The summed E-state index contributed by atoms with van der Waals surface area (Å²) >= 11 is 5.99. The molecule has 0 unspecified atom stereocenters. The van der Waals surface area contributed by atoms with Crippen LogP contribution in [0.3, 0.4) is 0 Å². The summed E-state index contributed by atoms with van der Waals surface area (Å²) in [6, 6.07) is 7.60. The van der Waals surface area contributed by atoms with E-state index >= 15 is 0 Å². The van der Waals surface area contributed by atoms with Crippen molar-refractivity contribution in [3.8, 4) is 0 Å². The summed E-state index contributed by atoms with van der Waals surface area (Å²) in [7, 11) is 0. The van der Waals surface area contributed by atoms with Gasteiger partial charge >= 0.3 is 0 Å². The van der Waals surface area contributed by atoms with Crippen molar-refractivity contribution in [1.82, 2.24) is 5.32 Å². The van der Waals surface area contributed by atoms with Crippen LogP contribution in [0.1, 0.15) is 18.4 Å². The highest BCUT2D eigenvalue weighted by Gasteiger charge is 2.03. The van der Waals surface area contributed by atoms with Crippen molar-refractivity contribution in [2.45, 2.75) is 19.3 Å². The molecular weight excluding hydrogens is 222 g/mol. The van der Waals surface area contributed by atoms with Crippen molar-refractivity contribution in [2.24, 2.45) is 0 Å². The molecule has 0 fully saturated rings. The highest BCUT2D eigenvalue weighted by molar-refractivity contribution is 6.31. The molecule has 0 aliphatic heterocycles. The standard InChI is InChI=1S/C13H16ClNO/c1-2-3-10-15-13(16)9-8-11-6-4-5-7-12(11)14/h2,4-7H,1,3,8-10H2,(H,15,16). The number of aryl methyl sites for hydroxylation is 1. The molecule has 2 nitrogen and oxygen atoms in total. The van der Waals surface area contributed by atoms with E-state index in [1.165, 1.54) is 0 Å². The van der Waals surface area contributed by atoms with E-state index in [1.54, 1.807) is 6.08 Å². The molecule has 1 aromatic rings. The number of rotatable bonds is 6. The second-order valence-electron chi connectivity index (χ2n) is 3.52. The van der Waals surface area contributed by atoms with E-state index in [1.807, 2.05) is 24.3 Å². The molecule has 1 aromatic carbocycles. The van der Waals surface area contributed by atoms with Gasteiger partial charge in [0.1, 0.15) is 0 Å². The Morgan fingerprint density at radius 1 is 1.44 bits per heavy atom. The van der Waals surface area contributed by atoms with E-state index in [0.717, 1.165) is 17.0 Å². The van der Waals surface area contributed by atoms with Gasteiger partial charge in [0.15, 0.2) is 0 Å². The first kappa shape index (κ1) is 12.8. The molecule has 0 saturated heterocycles. The minimum absolute atomic E-state index is 0.0572. The van der Waals surface area contributed by atoms with Crippen LogP contribution in [0, 0.1) is 0 Å². The summed E-state index contributed by atoms with van der Waals surface area (Å²) in [5, 5.41) is 3.54. The zero-order valence-electron chi connectivity index (χ0n) is 9.21. The lowest BCUT2D eigenvalue weighted by Crippen LogP contribution is -2.24. The zero-order chi connectivity index (χ0) is 11.8. The summed E-state index contributed by atoms with van der Waals surface area (Å²) in [4.78, 5) is 11.4. The van der Waals surface area contributed by atoms with E-state index in [-0.39, 0.29) is 5.91 Å². The van der Waals surface area contributed by atoms with Crippen LogP contribution in [0.5, 0.6) is 0 Å². The van der Waals surface area contributed by atoms with Crippen molar-refractivity contribution in [3.63, 3.8) is 0 Å². The number of halogens is 1. The second kappa shape index (κ2) is 7.07. The molecule has 0 saturated carbocycles. The largest absolute Gasteiger partial charge is 0.356 e. The summed E-state index contributed by atoms with van der Waals surface area (Å²) < 4.78 is 0. The third-order valence-corrected chi connectivity index (χ3v) is 2.62. The summed E-state index contributed by atoms with van der Waals surface area (Å²) in [6.07, 6.45) is 3.74. The molecule has 16 heavy (non-hydrogen) atoms. The van der Waals surface area contributed by atoms with Crippen LogP contribution in [0.2, 0.25) is 5.02 Å². The van der Waals surface area contributed by atoms with Gasteiger partial charge < -0.3 is 5.32 Å². The van der Waals surface area contributed by atoms with Gasteiger partial charge in [0, 0.05) is 18.0 Å². The Morgan fingerprint density at radius 2 is 2.19 bits per heavy atom. The molecule has 0 aliphatic carbocycles. The lowest BCUT2D eigenvalue weighted by Gasteiger charge is -2.05. The molecule has 1 amide bonds. The zero-order valence-corrected chi connectivity index (χ0v) is 9.96. The molecule has 0 heterocycles. The van der Waals surface area contributed by atoms with Crippen LogP contribution in [0.15, 0.2) is 36.9 Å². The Kier molecular flexibility index (Phi) is 5.65. The molecule has 0 spiro atoms. The fourth-order valence-electron chi connectivity index (χ4n) is 1.35. The average molecular weight is 238 g/mol. The van der Waals surface area contributed by atoms with Crippen molar-refractivity contribution < 1.29 is 4.79 Å². The Hall–Kier alpha value is -1.28. The van der Waals surface area contributed by atoms with E-state index in [4.69, 9.17) is 11.6 Å². The first-order valence-corrected chi connectivity index (χ1v) is 5.73. The van der Waals surface area contributed by atoms with Gasteiger partial charge in [-0.15, -0.1) is 6.58 Å². The quantitative estimate of drug-likeness (QED) is 0.598. The number of nitrogens with one attached hydrogen (secondary N) is 1. The smallest absolute Gasteiger partial charge is 0.220 e. The number of carbonyl (C=O) groups is 1. The average Bonchev–Trinajstić information content (AvgIpc) is 2.28. The van der Waals surface area contributed by atoms with Crippen molar-refractivity contribution in [2.75, 3.05) is 6.54 Å². The fraction of sp³-hybridized carbons (Fsp3) is 0.308. The van der Waals surface area contributed by atoms with Crippen molar-refractivity contribution in [3.05, 3.63) is 47.5 Å². The normalized spacial score (nSPS) is 9.81. The van der Waals surface area contributed by atoms with Gasteiger partial charge in [0.25, 0.3) is 0 Å². The highest BCUT2D eigenvalue weighted by Crippen LogP contribution is 2.16. The predicted molar refractivity (Wildman–Crippen MR) is 67.6 cm³/mol. The van der Waals surface area contributed by atoms with Gasteiger partial charge in [-0.1, -0.05) is 35.9 Å². The topological polar surface area (TPSA) is 29.1 Å². The number of amides is 1. The minimum Gasteiger partial charge on any atom is -0.356 e. The number of carbonyl (C=O) groups excluding carboxylic acids is 1. The van der Waals surface area contributed by atoms with Gasteiger partial charge in [-0.05, 0) is 24.5 Å². The van der Waals surface area contributed by atoms with E-state index in [2.05, 4.69) is 11.9 Å². The summed E-state index contributed by atoms with van der Waals surface area (Å²) in [5.41, 5.74) is 1.02. The monoisotopic (exact) mass is 237 g/mol. The molecular formula is C13H16ClNO. The van der Waals surface area contributed by atoms with Crippen LogP contribution in [0.4, 0.5) is 0 Å². The molecule has 0 atom stereocenters. The molecule has 0 aromatic heterocycles.